The van der Waals surface area contributed by atoms with Gasteiger partial charge in [-0.15, -0.1) is 0 Å². The van der Waals surface area contributed by atoms with Gasteiger partial charge in [-0.1, -0.05) is 6.07 Å². The average molecular weight is 348 g/mol. The van der Waals surface area contributed by atoms with E-state index in [2.05, 4.69) is 16.4 Å². The van der Waals surface area contributed by atoms with E-state index in [-0.39, 0.29) is 17.6 Å². The second-order valence-electron chi connectivity index (χ2n) is 6.95. The molecule has 2 aliphatic heterocycles. The molecule has 1 aromatic heterocycles. The highest BCUT2D eigenvalue weighted by molar-refractivity contribution is 5.94. The molecule has 1 amide bonds. The Morgan fingerprint density at radius 2 is 2.31 bits per heavy atom. The molecule has 0 saturated carbocycles. The number of nitrogens with one attached hydrogen (secondary N) is 1. The van der Waals surface area contributed by atoms with E-state index in [1.807, 2.05) is 23.1 Å². The van der Waals surface area contributed by atoms with E-state index in [9.17, 15) is 4.79 Å². The van der Waals surface area contributed by atoms with Crippen molar-refractivity contribution in [3.05, 3.63) is 59.9 Å². The molecule has 2 atom stereocenters. The van der Waals surface area contributed by atoms with E-state index in [0.717, 1.165) is 18.5 Å². The van der Waals surface area contributed by atoms with Gasteiger partial charge in [0.2, 0.25) is 0 Å². The first-order valence-corrected chi connectivity index (χ1v) is 8.77. The smallest absolute Gasteiger partial charge is 0.255 e. The van der Waals surface area contributed by atoms with Crippen LogP contribution >= 0.6 is 0 Å². The minimum absolute atomic E-state index is 0.0108. The highest BCUT2D eigenvalue weighted by Gasteiger charge is 2.46. The number of carbonyl (C=O) groups is 1. The molecule has 2 saturated heterocycles. The van der Waals surface area contributed by atoms with Crippen molar-refractivity contribution in [2.24, 2.45) is 0 Å². The summed E-state index contributed by atoms with van der Waals surface area (Å²) in [6.45, 7) is 1.91. The Balaban J connectivity index is 1.39. The Morgan fingerprint density at radius 1 is 1.38 bits per heavy atom. The van der Waals surface area contributed by atoms with Crippen LogP contribution in [0.25, 0.3) is 0 Å². The summed E-state index contributed by atoms with van der Waals surface area (Å²) in [7, 11) is 0. The van der Waals surface area contributed by atoms with Crippen molar-refractivity contribution in [2.75, 3.05) is 25.0 Å². The predicted octanol–water partition coefficient (Wildman–Crippen LogP) is 2.44. The number of ether oxygens (including phenoxy) is 1. The van der Waals surface area contributed by atoms with E-state index >= 15 is 0 Å². The van der Waals surface area contributed by atoms with Crippen LogP contribution in [0.5, 0.6) is 0 Å². The van der Waals surface area contributed by atoms with E-state index in [1.165, 1.54) is 0 Å². The predicted molar refractivity (Wildman–Crippen MR) is 96.6 cm³/mol. The van der Waals surface area contributed by atoms with E-state index in [0.29, 0.717) is 30.8 Å². The maximum atomic E-state index is 12.6. The monoisotopic (exact) mass is 348 g/mol. The zero-order valence-corrected chi connectivity index (χ0v) is 14.4. The maximum absolute atomic E-state index is 12.6. The quantitative estimate of drug-likeness (QED) is 0.922. The third-order valence-electron chi connectivity index (χ3n) is 5.08. The molecule has 2 fully saturated rings. The molecule has 2 aromatic rings. The number of aromatic nitrogens is 1. The van der Waals surface area contributed by atoms with Crippen LogP contribution in [0.3, 0.4) is 0 Å². The lowest BCUT2D eigenvalue weighted by molar-refractivity contribution is 0.0125. The summed E-state index contributed by atoms with van der Waals surface area (Å²) in [6.07, 6.45) is 4.96. The Hall–Kier alpha value is -2.91. The van der Waals surface area contributed by atoms with Crippen LogP contribution < -0.4 is 5.32 Å². The second kappa shape index (κ2) is 6.77. The summed E-state index contributed by atoms with van der Waals surface area (Å²) < 4.78 is 6.12. The van der Waals surface area contributed by atoms with Gasteiger partial charge in [-0.3, -0.25) is 9.78 Å². The number of anilines is 1. The molecular formula is C20H20N4O2. The van der Waals surface area contributed by atoms with Crippen molar-refractivity contribution < 1.29 is 9.53 Å². The van der Waals surface area contributed by atoms with E-state index in [4.69, 9.17) is 10.00 Å². The van der Waals surface area contributed by atoms with Crippen molar-refractivity contribution in [3.63, 3.8) is 0 Å². The Labute approximate surface area is 152 Å². The molecule has 0 unspecified atom stereocenters. The Bertz CT molecular complexity index is 848. The molecule has 1 aromatic carbocycles. The number of benzene rings is 1. The van der Waals surface area contributed by atoms with Gasteiger partial charge in [-0.05, 0) is 36.8 Å². The molecule has 1 N–H and O–H groups in total. The van der Waals surface area contributed by atoms with Gasteiger partial charge < -0.3 is 15.0 Å². The van der Waals surface area contributed by atoms with E-state index < -0.39 is 0 Å². The topological polar surface area (TPSA) is 78.2 Å². The number of carbonyl (C=O) groups excluding carboxylic acids is 1. The summed E-state index contributed by atoms with van der Waals surface area (Å²) >= 11 is 0. The number of pyridine rings is 1. The van der Waals surface area contributed by atoms with Gasteiger partial charge in [0, 0.05) is 31.0 Å². The van der Waals surface area contributed by atoms with Gasteiger partial charge in [-0.25, -0.2) is 0 Å². The summed E-state index contributed by atoms with van der Waals surface area (Å²) in [6, 6.07) is 13.4. The van der Waals surface area contributed by atoms with Crippen LogP contribution in [0.15, 0.2) is 48.8 Å². The minimum Gasteiger partial charge on any atom is -0.380 e. The Morgan fingerprint density at radius 3 is 3.12 bits per heavy atom. The average Bonchev–Trinajstić information content (AvgIpc) is 3.28. The summed E-state index contributed by atoms with van der Waals surface area (Å²) in [5.41, 5.74) is 1.90. The van der Waals surface area contributed by atoms with Gasteiger partial charge in [0.05, 0.1) is 42.0 Å². The zero-order chi connectivity index (χ0) is 18.0. The molecule has 6 nitrogen and oxygen atoms in total. The van der Waals surface area contributed by atoms with Crippen LogP contribution in [0, 0.1) is 11.3 Å². The third-order valence-corrected chi connectivity index (χ3v) is 5.08. The van der Waals surface area contributed by atoms with Crippen LogP contribution in [-0.2, 0) is 4.74 Å². The first kappa shape index (κ1) is 16.6. The van der Waals surface area contributed by atoms with E-state index in [1.54, 1.807) is 30.6 Å². The largest absolute Gasteiger partial charge is 0.380 e. The van der Waals surface area contributed by atoms with Crippen molar-refractivity contribution in [1.29, 1.82) is 5.26 Å². The molecular weight excluding hydrogens is 328 g/mol. The lowest BCUT2D eigenvalue weighted by atomic mass is 9.97. The zero-order valence-electron chi connectivity index (χ0n) is 14.4. The lowest BCUT2D eigenvalue weighted by Crippen LogP contribution is -2.36. The maximum Gasteiger partial charge on any atom is 0.255 e. The van der Waals surface area contributed by atoms with Crippen molar-refractivity contribution in [3.8, 4) is 6.07 Å². The molecule has 3 heterocycles. The summed E-state index contributed by atoms with van der Waals surface area (Å²) in [4.78, 5) is 18.5. The first-order chi connectivity index (χ1) is 12.7. The fraction of sp³-hybridized carbons (Fsp3) is 0.350. The SMILES string of the molecule is N#Cc1cccc(N[C@@H]2CO[C@@]3(CCN(C(=O)c4cccnc4)C3)C2)c1. The Kier molecular flexibility index (Phi) is 4.31. The van der Waals surface area contributed by atoms with Gasteiger partial charge in [-0.2, -0.15) is 5.26 Å². The number of amides is 1. The normalized spacial score (nSPS) is 24.6. The molecule has 132 valence electrons. The summed E-state index contributed by atoms with van der Waals surface area (Å²) in [5, 5.41) is 12.5. The number of hydrogen-bond acceptors (Lipinski definition) is 5. The van der Waals surface area contributed by atoms with Crippen LogP contribution in [0.4, 0.5) is 5.69 Å². The van der Waals surface area contributed by atoms with Gasteiger partial charge in [0.25, 0.3) is 5.91 Å². The van der Waals surface area contributed by atoms with Gasteiger partial charge >= 0.3 is 0 Å². The molecule has 1 spiro atoms. The molecule has 0 bridgehead atoms. The number of nitrogens with zero attached hydrogens (tertiary/aromatic N) is 3. The lowest BCUT2D eigenvalue weighted by Gasteiger charge is -2.23. The number of nitriles is 1. The first-order valence-electron chi connectivity index (χ1n) is 8.77. The highest BCUT2D eigenvalue weighted by atomic mass is 16.5. The van der Waals surface area contributed by atoms with Crippen LogP contribution in [-0.4, -0.2) is 47.1 Å². The van der Waals surface area contributed by atoms with Crippen molar-refractivity contribution >= 4 is 11.6 Å². The molecule has 6 heteroatoms. The number of likely N-dealkylation sites (tertiary alicyclic amines) is 1. The minimum atomic E-state index is -0.275. The number of rotatable bonds is 3. The van der Waals surface area contributed by atoms with Gasteiger partial charge in [0.15, 0.2) is 0 Å². The fourth-order valence-electron chi connectivity index (χ4n) is 3.83. The van der Waals surface area contributed by atoms with Crippen LogP contribution in [0.1, 0.15) is 28.8 Å². The molecule has 0 aliphatic carbocycles. The molecule has 4 rings (SSSR count). The highest BCUT2D eigenvalue weighted by Crippen LogP contribution is 2.36. The van der Waals surface area contributed by atoms with Gasteiger partial charge in [0.1, 0.15) is 0 Å². The summed E-state index contributed by atoms with van der Waals surface area (Å²) in [5.74, 6) is 0.0108. The standard InChI is InChI=1S/C20H20N4O2/c21-11-15-3-1-5-17(9-15)23-18-10-20(26-13-18)6-8-24(14-20)19(25)16-4-2-7-22-12-16/h1-5,7,9,12,18,23H,6,8,10,13-14H2/t18-,20-/m0/s1. The molecule has 26 heavy (non-hydrogen) atoms. The third kappa shape index (κ3) is 3.26. The fourth-order valence-corrected chi connectivity index (χ4v) is 3.83. The number of hydrogen-bond donors (Lipinski definition) is 1. The van der Waals surface area contributed by atoms with Crippen molar-refractivity contribution in [1.82, 2.24) is 9.88 Å². The van der Waals surface area contributed by atoms with Crippen LogP contribution in [0.2, 0.25) is 0 Å². The van der Waals surface area contributed by atoms with Crippen molar-refractivity contribution in [2.45, 2.75) is 24.5 Å². The molecule has 2 aliphatic rings. The second-order valence-corrected chi connectivity index (χ2v) is 6.95. The molecule has 0 radical (unpaired) electrons.